The highest BCUT2D eigenvalue weighted by Crippen LogP contribution is 2.24. The molecule has 0 spiro atoms. The van der Waals surface area contributed by atoms with Crippen LogP contribution < -0.4 is 5.73 Å². The van der Waals surface area contributed by atoms with Crippen LogP contribution in [-0.2, 0) is 10.0 Å². The number of nitrogens with zero attached hydrogens (tertiary/aromatic N) is 1. The molecule has 1 aromatic rings. The Hall–Kier alpha value is -1.18. The van der Waals surface area contributed by atoms with Crippen LogP contribution in [0.4, 0.5) is 10.1 Å². The largest absolute Gasteiger partial charge is 0.396 e. The first kappa shape index (κ1) is 14.9. The van der Waals surface area contributed by atoms with Gasteiger partial charge in [0.1, 0.15) is 5.82 Å². The molecule has 0 aliphatic rings. The predicted molar refractivity (Wildman–Crippen MR) is 66.9 cm³/mol. The van der Waals surface area contributed by atoms with Gasteiger partial charge in [-0.1, -0.05) is 0 Å². The van der Waals surface area contributed by atoms with Crippen molar-refractivity contribution in [2.45, 2.75) is 24.3 Å². The van der Waals surface area contributed by atoms with Crippen LogP contribution >= 0.6 is 0 Å². The number of hydrogen-bond donors (Lipinski definition) is 2. The van der Waals surface area contributed by atoms with Crippen molar-refractivity contribution in [3.63, 3.8) is 0 Å². The first-order chi connectivity index (χ1) is 8.13. The fraction of sp³-hybridized carbons (Fsp3) is 0.455. The second-order valence-electron chi connectivity index (χ2n) is 4.63. The lowest BCUT2D eigenvalue weighted by molar-refractivity contribution is 0.138. The molecule has 0 bridgehead atoms. The Bertz CT molecular complexity index is 543. The predicted octanol–water partition coefficient (Wildman–Crippen LogP) is 0.799. The standard InChI is InChI=1S/C11H17FN2O3S/c1-11(2,7-15)14(3)18(16,17)8-4-5-10(13)9(12)6-8/h4-6,15H,7,13H2,1-3H3. The van der Waals surface area contributed by atoms with Gasteiger partial charge in [0.2, 0.25) is 10.0 Å². The lowest BCUT2D eigenvalue weighted by Crippen LogP contribution is -2.47. The van der Waals surface area contributed by atoms with Gasteiger partial charge in [-0.25, -0.2) is 12.8 Å². The molecule has 0 aliphatic heterocycles. The van der Waals surface area contributed by atoms with Crippen molar-refractivity contribution >= 4 is 15.7 Å². The molecule has 0 unspecified atom stereocenters. The van der Waals surface area contributed by atoms with Crippen molar-refractivity contribution in [3.8, 4) is 0 Å². The zero-order chi connectivity index (χ0) is 14.1. The van der Waals surface area contributed by atoms with Gasteiger partial charge in [-0.2, -0.15) is 4.31 Å². The minimum absolute atomic E-state index is 0.113. The molecule has 0 atom stereocenters. The van der Waals surface area contributed by atoms with E-state index in [-0.39, 0.29) is 17.2 Å². The van der Waals surface area contributed by atoms with Crippen molar-refractivity contribution in [2.24, 2.45) is 0 Å². The minimum atomic E-state index is -3.87. The fourth-order valence-corrected chi connectivity index (χ4v) is 2.77. The molecule has 0 saturated carbocycles. The van der Waals surface area contributed by atoms with Crippen molar-refractivity contribution in [2.75, 3.05) is 19.4 Å². The highest BCUT2D eigenvalue weighted by molar-refractivity contribution is 7.89. The number of nitrogens with two attached hydrogens (primary N) is 1. The third-order valence-electron chi connectivity index (χ3n) is 2.87. The average Bonchev–Trinajstić information content (AvgIpc) is 2.31. The molecule has 102 valence electrons. The summed E-state index contributed by atoms with van der Waals surface area (Å²) in [5.74, 6) is -0.786. The number of halogens is 1. The fourth-order valence-electron chi connectivity index (χ4n) is 1.25. The van der Waals surface area contributed by atoms with Crippen LogP contribution in [-0.4, -0.2) is 37.0 Å². The van der Waals surface area contributed by atoms with E-state index < -0.39 is 21.4 Å². The molecular weight excluding hydrogens is 259 g/mol. The number of aliphatic hydroxyl groups is 1. The summed E-state index contributed by atoms with van der Waals surface area (Å²) in [7, 11) is -2.54. The Morgan fingerprint density at radius 1 is 1.44 bits per heavy atom. The Morgan fingerprint density at radius 2 is 2.00 bits per heavy atom. The first-order valence-electron chi connectivity index (χ1n) is 5.28. The zero-order valence-corrected chi connectivity index (χ0v) is 11.3. The summed E-state index contributed by atoms with van der Waals surface area (Å²) in [6.45, 7) is 2.79. The van der Waals surface area contributed by atoms with Gasteiger partial charge in [0.15, 0.2) is 0 Å². The second kappa shape index (κ2) is 4.83. The molecular formula is C11H17FN2O3S. The van der Waals surface area contributed by atoms with Gasteiger partial charge in [0.25, 0.3) is 0 Å². The molecule has 1 aromatic carbocycles. The monoisotopic (exact) mass is 276 g/mol. The van der Waals surface area contributed by atoms with Crippen LogP contribution in [0, 0.1) is 5.82 Å². The average molecular weight is 276 g/mol. The Morgan fingerprint density at radius 3 is 2.44 bits per heavy atom. The molecule has 0 aromatic heterocycles. The summed E-state index contributed by atoms with van der Waals surface area (Å²) in [5.41, 5.74) is 4.21. The van der Waals surface area contributed by atoms with E-state index in [1.165, 1.54) is 19.2 Å². The van der Waals surface area contributed by atoms with Crippen molar-refractivity contribution in [3.05, 3.63) is 24.0 Å². The van der Waals surface area contributed by atoms with Gasteiger partial charge in [0.05, 0.1) is 22.7 Å². The SMILES string of the molecule is CN(C(C)(C)CO)S(=O)(=O)c1ccc(N)c(F)c1. The number of nitrogen functional groups attached to an aromatic ring is 1. The maximum atomic E-state index is 13.3. The van der Waals surface area contributed by atoms with Gasteiger partial charge in [0, 0.05) is 7.05 Å². The maximum Gasteiger partial charge on any atom is 0.243 e. The van der Waals surface area contributed by atoms with Crippen LogP contribution in [0.5, 0.6) is 0 Å². The molecule has 0 aliphatic carbocycles. The number of benzene rings is 1. The van der Waals surface area contributed by atoms with Crippen LogP contribution in [0.1, 0.15) is 13.8 Å². The summed E-state index contributed by atoms with van der Waals surface area (Å²) in [6, 6.07) is 3.30. The molecule has 0 fully saturated rings. The minimum Gasteiger partial charge on any atom is -0.396 e. The van der Waals surface area contributed by atoms with Gasteiger partial charge in [-0.3, -0.25) is 0 Å². The third-order valence-corrected chi connectivity index (χ3v) is 4.93. The smallest absolute Gasteiger partial charge is 0.243 e. The molecule has 0 heterocycles. The van der Waals surface area contributed by atoms with Crippen molar-refractivity contribution in [1.29, 1.82) is 0 Å². The Labute approximate surface area is 106 Å². The zero-order valence-electron chi connectivity index (χ0n) is 10.5. The van der Waals surface area contributed by atoms with Crippen molar-refractivity contribution < 1.29 is 17.9 Å². The third kappa shape index (κ3) is 2.63. The lowest BCUT2D eigenvalue weighted by atomic mass is 10.1. The van der Waals surface area contributed by atoms with Crippen molar-refractivity contribution in [1.82, 2.24) is 4.31 Å². The van der Waals surface area contributed by atoms with E-state index >= 15 is 0 Å². The van der Waals surface area contributed by atoms with Crippen LogP contribution in [0.3, 0.4) is 0 Å². The number of hydrogen-bond acceptors (Lipinski definition) is 4. The molecule has 3 N–H and O–H groups in total. The summed E-state index contributed by atoms with van der Waals surface area (Å²) in [5, 5.41) is 9.17. The lowest BCUT2D eigenvalue weighted by Gasteiger charge is -2.32. The molecule has 18 heavy (non-hydrogen) atoms. The second-order valence-corrected chi connectivity index (χ2v) is 6.60. The van der Waals surface area contributed by atoms with E-state index in [9.17, 15) is 17.9 Å². The first-order valence-corrected chi connectivity index (χ1v) is 6.72. The van der Waals surface area contributed by atoms with Crippen LogP contribution in [0.25, 0.3) is 0 Å². The summed E-state index contributed by atoms with van der Waals surface area (Å²) in [4.78, 5) is -0.196. The molecule has 0 amide bonds. The summed E-state index contributed by atoms with van der Waals surface area (Å²) < 4.78 is 38.7. The maximum absolute atomic E-state index is 13.3. The van der Waals surface area contributed by atoms with E-state index in [2.05, 4.69) is 0 Å². The summed E-state index contributed by atoms with van der Waals surface area (Å²) in [6.07, 6.45) is 0. The number of anilines is 1. The quantitative estimate of drug-likeness (QED) is 0.797. The van der Waals surface area contributed by atoms with E-state index in [0.29, 0.717) is 0 Å². The number of aliphatic hydroxyl groups excluding tert-OH is 1. The highest BCUT2D eigenvalue weighted by Gasteiger charge is 2.33. The number of sulfonamides is 1. The van der Waals surface area contributed by atoms with Crippen LogP contribution in [0.2, 0.25) is 0 Å². The van der Waals surface area contributed by atoms with E-state index in [0.717, 1.165) is 10.4 Å². The van der Waals surface area contributed by atoms with Crippen LogP contribution in [0.15, 0.2) is 23.1 Å². The molecule has 0 radical (unpaired) electrons. The summed E-state index contributed by atoms with van der Waals surface area (Å²) >= 11 is 0. The molecule has 1 rings (SSSR count). The van der Waals surface area contributed by atoms with Gasteiger partial charge in [-0.15, -0.1) is 0 Å². The van der Waals surface area contributed by atoms with E-state index in [1.807, 2.05) is 0 Å². The normalized spacial score (nSPS) is 13.0. The highest BCUT2D eigenvalue weighted by atomic mass is 32.2. The topological polar surface area (TPSA) is 83.6 Å². The van der Waals surface area contributed by atoms with Gasteiger partial charge in [-0.05, 0) is 32.0 Å². The van der Waals surface area contributed by atoms with Gasteiger partial charge < -0.3 is 10.8 Å². The van der Waals surface area contributed by atoms with Gasteiger partial charge >= 0.3 is 0 Å². The number of likely N-dealkylation sites (N-methyl/N-ethyl adjacent to an activating group) is 1. The molecule has 0 saturated heterocycles. The molecule has 7 heteroatoms. The van der Waals surface area contributed by atoms with E-state index in [4.69, 9.17) is 5.73 Å². The number of rotatable bonds is 4. The molecule has 5 nitrogen and oxygen atoms in total. The van der Waals surface area contributed by atoms with E-state index in [1.54, 1.807) is 13.8 Å². The Balaban J connectivity index is 3.26. The Kier molecular flexibility index (Phi) is 3.99.